The summed E-state index contributed by atoms with van der Waals surface area (Å²) in [5.74, 6) is -0.253. The van der Waals surface area contributed by atoms with E-state index in [9.17, 15) is 10.0 Å². The molecule has 4 N–H and O–H groups in total. The molecule has 148 valence electrons. The van der Waals surface area contributed by atoms with Crippen LogP contribution in [0.5, 0.6) is 0 Å². The number of amidine groups is 1. The van der Waals surface area contributed by atoms with Crippen LogP contribution in [0.15, 0.2) is 58.5 Å². The first-order valence-electron chi connectivity index (χ1n) is 8.32. The number of hydroxylamine groups is 2. The molecule has 1 atom stereocenters. The molecule has 9 heteroatoms. The van der Waals surface area contributed by atoms with Gasteiger partial charge < -0.3 is 10.8 Å². The number of hydrogen-bond donors (Lipinski definition) is 4. The van der Waals surface area contributed by atoms with E-state index < -0.39 is 12.0 Å². The molecule has 0 fully saturated rings. The van der Waals surface area contributed by atoms with E-state index in [1.807, 2.05) is 42.5 Å². The maximum absolute atomic E-state index is 10.5. The highest BCUT2D eigenvalue weighted by atomic mass is 35.5. The second-order valence-corrected chi connectivity index (χ2v) is 6.61. The van der Waals surface area contributed by atoms with E-state index in [0.29, 0.717) is 16.6 Å². The molecule has 3 rings (SSSR count). The van der Waals surface area contributed by atoms with Gasteiger partial charge in [0.2, 0.25) is 0 Å². The van der Waals surface area contributed by atoms with Gasteiger partial charge in [0, 0.05) is 28.6 Å². The molecule has 2 aromatic carbocycles. The SMILES string of the molecule is CN=C1CN(O)C(c2ccccc2)=c2cc(Cl)ccc2=N1.N[C@@H](CS)C(=O)O. The molecule has 1 aliphatic rings. The molecule has 28 heavy (non-hydrogen) atoms. The van der Waals surface area contributed by atoms with Crippen molar-refractivity contribution in [2.45, 2.75) is 6.04 Å². The van der Waals surface area contributed by atoms with Gasteiger partial charge in [-0.1, -0.05) is 41.9 Å². The lowest BCUT2D eigenvalue weighted by molar-refractivity contribution is -0.137. The first-order valence-corrected chi connectivity index (χ1v) is 9.33. The topological polar surface area (TPSA) is 112 Å². The Labute approximate surface area is 172 Å². The van der Waals surface area contributed by atoms with Crippen LogP contribution in [0.3, 0.4) is 0 Å². The lowest BCUT2D eigenvalue weighted by atomic mass is 10.1. The van der Waals surface area contributed by atoms with Crippen molar-refractivity contribution in [3.05, 3.63) is 69.7 Å². The highest BCUT2D eigenvalue weighted by Gasteiger charge is 2.17. The van der Waals surface area contributed by atoms with Crippen LogP contribution >= 0.6 is 24.2 Å². The molecule has 0 saturated carbocycles. The minimum Gasteiger partial charge on any atom is -0.480 e. The maximum atomic E-state index is 10.5. The number of aliphatic imine (C=N–C) groups is 1. The van der Waals surface area contributed by atoms with Gasteiger partial charge in [-0.3, -0.25) is 15.0 Å². The van der Waals surface area contributed by atoms with E-state index in [-0.39, 0.29) is 12.3 Å². The fraction of sp³-hybridized carbons (Fsp3) is 0.211. The number of hydrogen-bond acceptors (Lipinski definition) is 6. The first kappa shape index (κ1) is 21.9. The quantitative estimate of drug-likeness (QED) is 0.557. The molecule has 0 saturated heterocycles. The molecule has 0 radical (unpaired) electrons. The van der Waals surface area contributed by atoms with Gasteiger partial charge in [-0.2, -0.15) is 12.6 Å². The number of nitrogens with two attached hydrogens (primary N) is 1. The standard InChI is InChI=1S/C16H14ClN3O.C3H7NO2S/c1-18-15-10-20(21)16(11-5-3-2-4-6-11)13-9-12(17)7-8-14(13)19-15;4-2(1-7)3(5)6/h2-9,21H,10H2,1H3;2,7H,1,4H2,(H,5,6)/t;2-/m.0/s1. The number of fused-ring (bicyclic) bond motifs is 1. The van der Waals surface area contributed by atoms with Crippen LogP contribution in [0, 0.1) is 0 Å². The third kappa shape index (κ3) is 5.56. The summed E-state index contributed by atoms with van der Waals surface area (Å²) in [5.41, 5.74) is 6.52. The highest BCUT2D eigenvalue weighted by Crippen LogP contribution is 2.15. The van der Waals surface area contributed by atoms with E-state index in [2.05, 4.69) is 22.6 Å². The number of benzene rings is 2. The third-order valence-corrected chi connectivity index (χ3v) is 4.46. The molecule has 1 aliphatic heterocycles. The van der Waals surface area contributed by atoms with E-state index in [4.69, 9.17) is 22.4 Å². The number of carboxylic acids is 1. The summed E-state index contributed by atoms with van der Waals surface area (Å²) in [6, 6.07) is 14.3. The van der Waals surface area contributed by atoms with E-state index in [0.717, 1.165) is 16.1 Å². The predicted molar refractivity (Wildman–Crippen MR) is 113 cm³/mol. The fourth-order valence-electron chi connectivity index (χ4n) is 2.42. The summed E-state index contributed by atoms with van der Waals surface area (Å²) in [7, 11) is 1.66. The molecule has 1 heterocycles. The van der Waals surface area contributed by atoms with Crippen LogP contribution in [0.1, 0.15) is 5.56 Å². The Balaban J connectivity index is 0.000000345. The average Bonchev–Trinajstić information content (AvgIpc) is 2.83. The summed E-state index contributed by atoms with van der Waals surface area (Å²) in [6.45, 7) is 0.229. The molecule has 0 spiro atoms. The van der Waals surface area contributed by atoms with Gasteiger partial charge in [0.1, 0.15) is 18.4 Å². The Bertz CT molecular complexity index is 982. The van der Waals surface area contributed by atoms with Gasteiger partial charge in [0.15, 0.2) is 0 Å². The van der Waals surface area contributed by atoms with Gasteiger partial charge in [0.05, 0.1) is 11.1 Å². The number of halogens is 1. The molecule has 0 amide bonds. The number of rotatable bonds is 3. The normalized spacial score (nSPS) is 15.7. The number of thiol groups is 1. The minimum atomic E-state index is -1.00. The van der Waals surface area contributed by atoms with Crippen molar-refractivity contribution in [1.29, 1.82) is 0 Å². The lowest BCUT2D eigenvalue weighted by Gasteiger charge is -2.19. The summed E-state index contributed by atoms with van der Waals surface area (Å²) >= 11 is 9.76. The lowest BCUT2D eigenvalue weighted by Crippen LogP contribution is -2.31. The van der Waals surface area contributed by atoms with Crippen molar-refractivity contribution < 1.29 is 15.1 Å². The van der Waals surface area contributed by atoms with Gasteiger partial charge >= 0.3 is 5.97 Å². The molecule has 0 aliphatic carbocycles. The van der Waals surface area contributed by atoms with Crippen molar-refractivity contribution in [2.75, 3.05) is 19.3 Å². The van der Waals surface area contributed by atoms with E-state index >= 15 is 0 Å². The number of carbonyl (C=O) groups is 1. The van der Waals surface area contributed by atoms with Crippen LogP contribution < -0.4 is 16.3 Å². The molecular weight excluding hydrogens is 400 g/mol. The molecule has 2 aromatic rings. The zero-order valence-electron chi connectivity index (χ0n) is 15.2. The van der Waals surface area contributed by atoms with Gasteiger partial charge in [-0.05, 0) is 18.2 Å². The average molecular weight is 421 g/mol. The Morgan fingerprint density at radius 1 is 1.36 bits per heavy atom. The second kappa shape index (κ2) is 10.2. The van der Waals surface area contributed by atoms with Crippen LogP contribution in [0.25, 0.3) is 5.70 Å². The fourth-order valence-corrected chi connectivity index (χ4v) is 2.75. The zero-order chi connectivity index (χ0) is 20.7. The van der Waals surface area contributed by atoms with E-state index in [1.54, 1.807) is 13.1 Å². The van der Waals surface area contributed by atoms with Crippen molar-refractivity contribution in [2.24, 2.45) is 15.7 Å². The molecule has 7 nitrogen and oxygen atoms in total. The van der Waals surface area contributed by atoms with Crippen molar-refractivity contribution in [1.82, 2.24) is 5.06 Å². The Hall–Kier alpha value is -2.39. The number of aliphatic carboxylic acids is 1. The molecule has 0 unspecified atom stereocenters. The molecule has 0 bridgehead atoms. The van der Waals surface area contributed by atoms with Crippen LogP contribution in [-0.4, -0.2) is 52.6 Å². The van der Waals surface area contributed by atoms with Crippen LogP contribution in [-0.2, 0) is 4.79 Å². The van der Waals surface area contributed by atoms with Gasteiger partial charge in [0.25, 0.3) is 0 Å². The summed E-state index contributed by atoms with van der Waals surface area (Å²) < 4.78 is 0. The van der Waals surface area contributed by atoms with Crippen molar-refractivity contribution in [3.8, 4) is 0 Å². The minimum absolute atomic E-state index is 0.190. The summed E-state index contributed by atoms with van der Waals surface area (Å²) in [5, 5.41) is 21.8. The molecular formula is C19H21ClN4O3S. The Kier molecular flexibility index (Phi) is 8.01. The highest BCUT2D eigenvalue weighted by molar-refractivity contribution is 7.80. The monoisotopic (exact) mass is 420 g/mol. The first-order chi connectivity index (χ1) is 13.4. The van der Waals surface area contributed by atoms with Crippen molar-refractivity contribution >= 4 is 41.7 Å². The maximum Gasteiger partial charge on any atom is 0.321 e. The Morgan fingerprint density at radius 3 is 2.57 bits per heavy atom. The number of carboxylic acid groups (broad SMARTS) is 1. The second-order valence-electron chi connectivity index (χ2n) is 5.81. The van der Waals surface area contributed by atoms with Gasteiger partial charge in [-0.25, -0.2) is 10.1 Å². The largest absolute Gasteiger partial charge is 0.480 e. The molecule has 0 aromatic heterocycles. The summed E-state index contributed by atoms with van der Waals surface area (Å²) in [6.07, 6.45) is 0. The summed E-state index contributed by atoms with van der Waals surface area (Å²) in [4.78, 5) is 18.4. The van der Waals surface area contributed by atoms with Crippen LogP contribution in [0.4, 0.5) is 0 Å². The van der Waals surface area contributed by atoms with Gasteiger partial charge in [-0.15, -0.1) is 0 Å². The van der Waals surface area contributed by atoms with Crippen molar-refractivity contribution in [3.63, 3.8) is 0 Å². The smallest absolute Gasteiger partial charge is 0.321 e. The van der Waals surface area contributed by atoms with E-state index in [1.165, 1.54) is 5.06 Å². The predicted octanol–water partition coefficient (Wildman–Crippen LogP) is 1.18. The third-order valence-electron chi connectivity index (χ3n) is 3.83. The number of nitrogens with zero attached hydrogens (tertiary/aromatic N) is 3. The zero-order valence-corrected chi connectivity index (χ0v) is 16.8. The Morgan fingerprint density at radius 2 is 2.04 bits per heavy atom. The van der Waals surface area contributed by atoms with Crippen LogP contribution in [0.2, 0.25) is 5.02 Å².